The van der Waals surface area contributed by atoms with Crippen LogP contribution in [0.4, 0.5) is 11.4 Å². The minimum absolute atomic E-state index is 0.0185. The van der Waals surface area contributed by atoms with Crippen LogP contribution in [-0.2, 0) is 4.79 Å². The van der Waals surface area contributed by atoms with Gasteiger partial charge >= 0.3 is 0 Å². The Morgan fingerprint density at radius 2 is 1.81 bits per heavy atom. The first-order chi connectivity index (χ1) is 13.2. The summed E-state index contributed by atoms with van der Waals surface area (Å²) in [6, 6.07) is 6.09. The van der Waals surface area contributed by atoms with Crippen LogP contribution in [0.5, 0.6) is 0 Å². The molecular formula is C22H33N3O2. The summed E-state index contributed by atoms with van der Waals surface area (Å²) in [5.41, 5.74) is 2.39. The SMILES string of the molecule is CCCCCCCC(=O)Nc1ccc(N2CCCC2)c(C(=O)NC2CC2)c1. The van der Waals surface area contributed by atoms with Crippen LogP contribution >= 0.6 is 0 Å². The lowest BCUT2D eigenvalue weighted by Gasteiger charge is -2.22. The first-order valence-corrected chi connectivity index (χ1v) is 10.7. The van der Waals surface area contributed by atoms with Gasteiger partial charge in [-0.15, -0.1) is 0 Å². The van der Waals surface area contributed by atoms with E-state index in [-0.39, 0.29) is 11.8 Å². The van der Waals surface area contributed by atoms with Gasteiger partial charge in [-0.2, -0.15) is 0 Å². The predicted molar refractivity (Wildman–Crippen MR) is 110 cm³/mol. The van der Waals surface area contributed by atoms with Gasteiger partial charge in [0.2, 0.25) is 5.91 Å². The van der Waals surface area contributed by atoms with Gasteiger partial charge in [0.15, 0.2) is 0 Å². The molecule has 1 aliphatic carbocycles. The first-order valence-electron chi connectivity index (χ1n) is 10.7. The number of anilines is 2. The average molecular weight is 372 g/mol. The molecule has 0 radical (unpaired) electrons. The molecule has 3 rings (SSSR count). The second-order valence-electron chi connectivity index (χ2n) is 7.89. The third kappa shape index (κ3) is 5.98. The summed E-state index contributed by atoms with van der Waals surface area (Å²) in [5, 5.41) is 6.07. The second-order valence-corrected chi connectivity index (χ2v) is 7.89. The van der Waals surface area contributed by atoms with E-state index in [0.29, 0.717) is 18.0 Å². The van der Waals surface area contributed by atoms with Crippen molar-refractivity contribution in [3.8, 4) is 0 Å². The van der Waals surface area contributed by atoms with Crippen LogP contribution in [0.3, 0.4) is 0 Å². The van der Waals surface area contributed by atoms with E-state index >= 15 is 0 Å². The number of nitrogens with zero attached hydrogens (tertiary/aromatic N) is 1. The van der Waals surface area contributed by atoms with E-state index in [9.17, 15) is 9.59 Å². The molecule has 1 aliphatic heterocycles. The van der Waals surface area contributed by atoms with Crippen LogP contribution in [0.2, 0.25) is 0 Å². The maximum atomic E-state index is 12.7. The van der Waals surface area contributed by atoms with Crippen LogP contribution in [0.15, 0.2) is 18.2 Å². The lowest BCUT2D eigenvalue weighted by atomic mass is 10.1. The molecule has 1 aromatic carbocycles. The van der Waals surface area contributed by atoms with E-state index in [1.165, 1.54) is 32.1 Å². The number of unbranched alkanes of at least 4 members (excludes halogenated alkanes) is 4. The van der Waals surface area contributed by atoms with Crippen molar-refractivity contribution in [1.82, 2.24) is 5.32 Å². The monoisotopic (exact) mass is 371 g/mol. The normalized spacial score (nSPS) is 16.4. The number of carbonyl (C=O) groups excluding carboxylic acids is 2. The van der Waals surface area contributed by atoms with Gasteiger partial charge in [-0.25, -0.2) is 0 Å². The van der Waals surface area contributed by atoms with E-state index in [1.807, 2.05) is 18.2 Å². The van der Waals surface area contributed by atoms with Gasteiger partial charge in [0.05, 0.1) is 5.56 Å². The maximum Gasteiger partial charge on any atom is 0.253 e. The Balaban J connectivity index is 1.63. The highest BCUT2D eigenvalue weighted by molar-refractivity contribution is 6.02. The molecule has 2 N–H and O–H groups in total. The van der Waals surface area contributed by atoms with Gasteiger partial charge in [0, 0.05) is 36.9 Å². The van der Waals surface area contributed by atoms with Crippen molar-refractivity contribution >= 4 is 23.2 Å². The molecule has 1 heterocycles. The lowest BCUT2D eigenvalue weighted by molar-refractivity contribution is -0.116. The number of carbonyl (C=O) groups is 2. The topological polar surface area (TPSA) is 61.4 Å². The fourth-order valence-corrected chi connectivity index (χ4v) is 3.63. The number of hydrogen-bond acceptors (Lipinski definition) is 3. The summed E-state index contributed by atoms with van der Waals surface area (Å²) in [4.78, 5) is 27.2. The smallest absolute Gasteiger partial charge is 0.253 e. The van der Waals surface area contributed by atoms with Crippen molar-refractivity contribution in [3.63, 3.8) is 0 Å². The van der Waals surface area contributed by atoms with Gasteiger partial charge in [-0.05, 0) is 50.3 Å². The molecule has 148 valence electrons. The molecule has 1 aromatic rings. The standard InChI is InChI=1S/C22H33N3O2/c1-2-3-4-5-6-9-21(26)23-18-12-13-20(25-14-7-8-15-25)19(16-18)22(27)24-17-10-11-17/h12-13,16-17H,2-11,14-15H2,1H3,(H,23,26)(H,24,27). The van der Waals surface area contributed by atoms with Crippen LogP contribution in [-0.4, -0.2) is 30.9 Å². The Bertz CT molecular complexity index is 649. The number of nitrogens with one attached hydrogen (secondary N) is 2. The van der Waals surface area contributed by atoms with Crippen molar-refractivity contribution in [2.24, 2.45) is 0 Å². The van der Waals surface area contributed by atoms with Crippen LogP contribution in [0, 0.1) is 0 Å². The first kappa shape index (κ1) is 19.7. The van der Waals surface area contributed by atoms with E-state index in [4.69, 9.17) is 0 Å². The van der Waals surface area contributed by atoms with Crippen LogP contribution in [0.1, 0.15) is 81.5 Å². The summed E-state index contributed by atoms with van der Waals surface area (Å²) in [6.07, 6.45) is 10.7. The highest BCUT2D eigenvalue weighted by Crippen LogP contribution is 2.29. The minimum Gasteiger partial charge on any atom is -0.371 e. The molecule has 2 fully saturated rings. The van der Waals surface area contributed by atoms with Crippen molar-refractivity contribution in [3.05, 3.63) is 23.8 Å². The fourth-order valence-electron chi connectivity index (χ4n) is 3.63. The van der Waals surface area contributed by atoms with Gasteiger partial charge in [-0.1, -0.05) is 32.6 Å². The summed E-state index contributed by atoms with van der Waals surface area (Å²) in [5.74, 6) is 0.0176. The van der Waals surface area contributed by atoms with Crippen molar-refractivity contribution in [2.45, 2.75) is 77.2 Å². The largest absolute Gasteiger partial charge is 0.371 e. The molecule has 0 unspecified atom stereocenters. The molecule has 1 saturated carbocycles. The minimum atomic E-state index is -0.0185. The zero-order chi connectivity index (χ0) is 19.1. The molecule has 27 heavy (non-hydrogen) atoms. The van der Waals surface area contributed by atoms with E-state index in [0.717, 1.165) is 50.1 Å². The Hall–Kier alpha value is -2.04. The van der Waals surface area contributed by atoms with Crippen LogP contribution in [0.25, 0.3) is 0 Å². The second kappa shape index (κ2) is 9.77. The fraction of sp³-hybridized carbons (Fsp3) is 0.636. The third-order valence-electron chi connectivity index (χ3n) is 5.39. The highest BCUT2D eigenvalue weighted by atomic mass is 16.2. The Morgan fingerprint density at radius 3 is 2.52 bits per heavy atom. The molecule has 0 spiro atoms. The van der Waals surface area contributed by atoms with Gasteiger partial charge in [-0.3, -0.25) is 9.59 Å². The van der Waals surface area contributed by atoms with Crippen molar-refractivity contribution in [2.75, 3.05) is 23.3 Å². The van der Waals surface area contributed by atoms with Gasteiger partial charge in [0.1, 0.15) is 0 Å². The molecule has 2 aliphatic rings. The Labute approximate surface area is 162 Å². The number of hydrogen-bond donors (Lipinski definition) is 2. The molecular weight excluding hydrogens is 338 g/mol. The van der Waals surface area contributed by atoms with E-state index in [2.05, 4.69) is 22.5 Å². The Morgan fingerprint density at radius 1 is 1.07 bits per heavy atom. The Kier molecular flexibility index (Phi) is 7.13. The molecule has 5 nitrogen and oxygen atoms in total. The summed E-state index contributed by atoms with van der Waals surface area (Å²) < 4.78 is 0. The zero-order valence-electron chi connectivity index (χ0n) is 16.6. The summed E-state index contributed by atoms with van der Waals surface area (Å²) in [6.45, 7) is 4.18. The van der Waals surface area contributed by atoms with Gasteiger partial charge < -0.3 is 15.5 Å². The molecule has 2 amide bonds. The average Bonchev–Trinajstić information content (AvgIpc) is 3.30. The number of rotatable bonds is 10. The lowest BCUT2D eigenvalue weighted by Crippen LogP contribution is -2.29. The maximum absolute atomic E-state index is 12.7. The summed E-state index contributed by atoms with van der Waals surface area (Å²) in [7, 11) is 0. The number of benzene rings is 1. The molecule has 0 aromatic heterocycles. The molecule has 0 atom stereocenters. The summed E-state index contributed by atoms with van der Waals surface area (Å²) >= 11 is 0. The zero-order valence-corrected chi connectivity index (χ0v) is 16.6. The van der Waals surface area contributed by atoms with Crippen molar-refractivity contribution < 1.29 is 9.59 Å². The quantitative estimate of drug-likeness (QED) is 0.596. The van der Waals surface area contributed by atoms with Crippen molar-refractivity contribution in [1.29, 1.82) is 0 Å². The van der Waals surface area contributed by atoms with Gasteiger partial charge in [0.25, 0.3) is 5.91 Å². The van der Waals surface area contributed by atoms with E-state index < -0.39 is 0 Å². The van der Waals surface area contributed by atoms with E-state index in [1.54, 1.807) is 0 Å². The van der Waals surface area contributed by atoms with Crippen LogP contribution < -0.4 is 15.5 Å². The molecule has 1 saturated heterocycles. The third-order valence-corrected chi connectivity index (χ3v) is 5.39. The number of amides is 2. The predicted octanol–water partition coefficient (Wildman–Crippen LogP) is 4.48. The molecule has 5 heteroatoms. The molecule has 0 bridgehead atoms. The highest BCUT2D eigenvalue weighted by Gasteiger charge is 2.26.